The Balaban J connectivity index is 2.32. The van der Waals surface area contributed by atoms with Gasteiger partial charge in [-0.15, -0.1) is 0 Å². The van der Waals surface area contributed by atoms with E-state index in [1.165, 1.54) is 16.8 Å². The molecule has 1 unspecified atom stereocenters. The van der Waals surface area contributed by atoms with Crippen molar-refractivity contribution >= 4 is 15.9 Å². The molecule has 1 aromatic heterocycles. The fraction of sp³-hybridized carbons (Fsp3) is 0.438. The molecule has 0 aliphatic rings. The van der Waals surface area contributed by atoms with E-state index in [0.29, 0.717) is 6.04 Å². The third-order valence-corrected chi connectivity index (χ3v) is 4.26. The van der Waals surface area contributed by atoms with Crippen molar-refractivity contribution < 1.29 is 0 Å². The van der Waals surface area contributed by atoms with E-state index in [-0.39, 0.29) is 0 Å². The van der Waals surface area contributed by atoms with Gasteiger partial charge in [0, 0.05) is 21.8 Å². The first-order valence-electron chi connectivity index (χ1n) is 7.02. The minimum Gasteiger partial charge on any atom is -0.313 e. The van der Waals surface area contributed by atoms with Gasteiger partial charge in [0.25, 0.3) is 0 Å². The first-order valence-corrected chi connectivity index (χ1v) is 7.81. The fourth-order valence-corrected chi connectivity index (χ4v) is 3.18. The van der Waals surface area contributed by atoms with Crippen LogP contribution < -0.4 is 5.32 Å². The summed E-state index contributed by atoms with van der Waals surface area (Å²) >= 11 is 3.52. The minimum absolute atomic E-state index is 0.381. The lowest BCUT2D eigenvalue weighted by Gasteiger charge is -2.15. The summed E-state index contributed by atoms with van der Waals surface area (Å²) in [5.74, 6) is 0. The van der Waals surface area contributed by atoms with E-state index in [1.54, 1.807) is 0 Å². The Morgan fingerprint density at radius 3 is 2.70 bits per heavy atom. The quantitative estimate of drug-likeness (QED) is 0.895. The van der Waals surface area contributed by atoms with E-state index in [0.717, 1.165) is 23.1 Å². The molecule has 0 amide bonds. The molecule has 1 atom stereocenters. The summed E-state index contributed by atoms with van der Waals surface area (Å²) in [5, 5.41) is 8.09. The molecule has 4 heteroatoms. The van der Waals surface area contributed by atoms with Crippen molar-refractivity contribution in [2.45, 2.75) is 39.8 Å². The van der Waals surface area contributed by atoms with Gasteiger partial charge in [-0.05, 0) is 45.0 Å². The molecule has 2 aromatic rings. The molecular formula is C16H22BrN3. The van der Waals surface area contributed by atoms with E-state index in [4.69, 9.17) is 5.10 Å². The van der Waals surface area contributed by atoms with Crippen LogP contribution in [-0.4, -0.2) is 16.8 Å². The zero-order valence-electron chi connectivity index (χ0n) is 12.6. The van der Waals surface area contributed by atoms with Crippen LogP contribution in [0.4, 0.5) is 0 Å². The average Bonchev–Trinajstić information content (AvgIpc) is 2.68. The molecule has 0 spiro atoms. The molecule has 108 valence electrons. The molecule has 1 heterocycles. The van der Waals surface area contributed by atoms with Crippen LogP contribution >= 0.6 is 15.9 Å². The highest BCUT2D eigenvalue weighted by molar-refractivity contribution is 9.10. The maximum Gasteiger partial charge on any atom is 0.0663 e. The van der Waals surface area contributed by atoms with E-state index in [2.05, 4.69) is 64.9 Å². The number of hydrogen-bond acceptors (Lipinski definition) is 2. The van der Waals surface area contributed by atoms with E-state index >= 15 is 0 Å². The molecule has 0 saturated carbocycles. The predicted octanol–water partition coefficient (Wildman–Crippen LogP) is 3.98. The monoisotopic (exact) mass is 335 g/mol. The Kier molecular flexibility index (Phi) is 5.00. The Morgan fingerprint density at radius 1 is 1.35 bits per heavy atom. The molecule has 20 heavy (non-hydrogen) atoms. The van der Waals surface area contributed by atoms with Gasteiger partial charge in [0.1, 0.15) is 0 Å². The molecule has 2 rings (SSSR count). The number of nitrogens with zero attached hydrogens (tertiary/aromatic N) is 2. The van der Waals surface area contributed by atoms with Crippen molar-refractivity contribution in [1.82, 2.24) is 15.1 Å². The minimum atomic E-state index is 0.381. The second kappa shape index (κ2) is 6.55. The van der Waals surface area contributed by atoms with Gasteiger partial charge in [-0.3, -0.25) is 4.68 Å². The standard InChI is InChI=1S/C16H22BrN3/c1-5-15(18-4)16-11(2)19-20(12(16)3)10-13-7-6-8-14(17)9-13/h6-9,15,18H,5,10H2,1-4H3. The topological polar surface area (TPSA) is 29.9 Å². The van der Waals surface area contributed by atoms with Gasteiger partial charge in [0.15, 0.2) is 0 Å². The van der Waals surface area contributed by atoms with Gasteiger partial charge in [-0.2, -0.15) is 5.10 Å². The second-order valence-corrected chi connectivity index (χ2v) is 6.04. The smallest absolute Gasteiger partial charge is 0.0663 e. The van der Waals surface area contributed by atoms with Gasteiger partial charge >= 0.3 is 0 Å². The molecule has 0 saturated heterocycles. The van der Waals surface area contributed by atoms with Crippen molar-refractivity contribution in [3.8, 4) is 0 Å². The van der Waals surface area contributed by atoms with Crippen molar-refractivity contribution in [1.29, 1.82) is 0 Å². The molecule has 3 nitrogen and oxygen atoms in total. The zero-order valence-corrected chi connectivity index (χ0v) is 14.2. The SMILES string of the molecule is CCC(NC)c1c(C)nn(Cc2cccc(Br)c2)c1C. The van der Waals surface area contributed by atoms with Crippen LogP contribution in [0.25, 0.3) is 0 Å². The second-order valence-electron chi connectivity index (χ2n) is 5.12. The summed E-state index contributed by atoms with van der Waals surface area (Å²) in [7, 11) is 2.01. The number of benzene rings is 1. The van der Waals surface area contributed by atoms with Crippen LogP contribution in [0.3, 0.4) is 0 Å². The average molecular weight is 336 g/mol. The normalized spacial score (nSPS) is 12.7. The van der Waals surface area contributed by atoms with Crippen LogP contribution in [0.5, 0.6) is 0 Å². The predicted molar refractivity (Wildman–Crippen MR) is 87.0 cm³/mol. The van der Waals surface area contributed by atoms with Crippen LogP contribution in [0.15, 0.2) is 28.7 Å². The lowest BCUT2D eigenvalue weighted by atomic mass is 10.0. The maximum atomic E-state index is 4.71. The molecule has 1 aromatic carbocycles. The molecule has 0 aliphatic carbocycles. The van der Waals surface area contributed by atoms with Crippen LogP contribution in [0.1, 0.15) is 41.9 Å². The van der Waals surface area contributed by atoms with E-state index < -0.39 is 0 Å². The van der Waals surface area contributed by atoms with Crippen LogP contribution in [0.2, 0.25) is 0 Å². The molecule has 1 N–H and O–H groups in total. The number of halogens is 1. The lowest BCUT2D eigenvalue weighted by Crippen LogP contribution is -2.17. The van der Waals surface area contributed by atoms with E-state index in [1.807, 2.05) is 13.1 Å². The molecule has 0 radical (unpaired) electrons. The molecule has 0 fully saturated rings. The van der Waals surface area contributed by atoms with Gasteiger partial charge in [-0.25, -0.2) is 0 Å². The summed E-state index contributed by atoms with van der Waals surface area (Å²) < 4.78 is 3.21. The van der Waals surface area contributed by atoms with Crippen molar-refractivity contribution in [3.63, 3.8) is 0 Å². The summed E-state index contributed by atoms with van der Waals surface area (Å²) in [6.07, 6.45) is 1.07. The van der Waals surface area contributed by atoms with Crippen LogP contribution in [0, 0.1) is 13.8 Å². The third kappa shape index (κ3) is 3.13. The maximum absolute atomic E-state index is 4.71. The summed E-state index contributed by atoms with van der Waals surface area (Å²) in [4.78, 5) is 0. The summed E-state index contributed by atoms with van der Waals surface area (Å²) in [6, 6.07) is 8.77. The first-order chi connectivity index (χ1) is 9.56. The lowest BCUT2D eigenvalue weighted by molar-refractivity contribution is 0.568. The van der Waals surface area contributed by atoms with Gasteiger partial charge in [0.2, 0.25) is 0 Å². The first kappa shape index (κ1) is 15.3. The van der Waals surface area contributed by atoms with Crippen molar-refractivity contribution in [3.05, 3.63) is 51.3 Å². The number of nitrogens with one attached hydrogen (secondary N) is 1. The molecular weight excluding hydrogens is 314 g/mol. The number of rotatable bonds is 5. The Labute approximate surface area is 129 Å². The van der Waals surface area contributed by atoms with Crippen molar-refractivity contribution in [2.24, 2.45) is 0 Å². The number of aryl methyl sites for hydroxylation is 1. The number of hydrogen-bond donors (Lipinski definition) is 1. The Bertz CT molecular complexity index is 585. The van der Waals surface area contributed by atoms with E-state index in [9.17, 15) is 0 Å². The number of aromatic nitrogens is 2. The van der Waals surface area contributed by atoms with Gasteiger partial charge in [0.05, 0.1) is 12.2 Å². The summed E-state index contributed by atoms with van der Waals surface area (Å²) in [6.45, 7) is 7.27. The van der Waals surface area contributed by atoms with Crippen molar-refractivity contribution in [2.75, 3.05) is 7.05 Å². The largest absolute Gasteiger partial charge is 0.313 e. The van der Waals surface area contributed by atoms with Gasteiger partial charge in [-0.1, -0.05) is 35.0 Å². The highest BCUT2D eigenvalue weighted by Gasteiger charge is 2.18. The highest BCUT2D eigenvalue weighted by atomic mass is 79.9. The Morgan fingerprint density at radius 2 is 2.10 bits per heavy atom. The third-order valence-electron chi connectivity index (χ3n) is 3.76. The molecule has 0 bridgehead atoms. The Hall–Kier alpha value is -1.13. The van der Waals surface area contributed by atoms with Crippen LogP contribution in [-0.2, 0) is 6.54 Å². The fourth-order valence-electron chi connectivity index (χ4n) is 2.73. The summed E-state index contributed by atoms with van der Waals surface area (Å²) in [5.41, 5.74) is 4.97. The van der Waals surface area contributed by atoms with Gasteiger partial charge < -0.3 is 5.32 Å². The highest BCUT2D eigenvalue weighted by Crippen LogP contribution is 2.24. The zero-order chi connectivity index (χ0) is 14.7. The molecule has 0 aliphatic heterocycles.